The summed E-state index contributed by atoms with van der Waals surface area (Å²) in [6, 6.07) is 1.31. The number of hydrogen-bond donors (Lipinski definition) is 2. The molecule has 0 spiro atoms. The van der Waals surface area contributed by atoms with Crippen molar-refractivity contribution >= 4 is 28.9 Å². The number of halogens is 2. The van der Waals surface area contributed by atoms with Crippen LogP contribution in [0, 0.1) is 0 Å². The van der Waals surface area contributed by atoms with Gasteiger partial charge < -0.3 is 15.6 Å². The quantitative estimate of drug-likeness (QED) is 0.696. The van der Waals surface area contributed by atoms with E-state index in [2.05, 4.69) is 0 Å². The molecule has 0 heterocycles. The summed E-state index contributed by atoms with van der Waals surface area (Å²) in [5, 5.41) is 9.44. The van der Waals surface area contributed by atoms with E-state index in [1.807, 2.05) is 0 Å². The molecule has 0 aromatic heterocycles. The van der Waals surface area contributed by atoms with Crippen molar-refractivity contribution in [1.82, 2.24) is 0 Å². The van der Waals surface area contributed by atoms with Crippen molar-refractivity contribution in [3.05, 3.63) is 16.1 Å². The highest BCUT2D eigenvalue weighted by Gasteiger charge is 2.12. The predicted octanol–water partition coefficient (Wildman–Crippen LogP) is 2.29. The zero-order valence-electron chi connectivity index (χ0n) is 6.27. The molecule has 0 amide bonds. The van der Waals surface area contributed by atoms with Gasteiger partial charge in [0.15, 0.2) is 0 Å². The summed E-state index contributed by atoms with van der Waals surface area (Å²) in [7, 11) is 1.42. The zero-order valence-corrected chi connectivity index (χ0v) is 7.78. The molecule has 0 fully saturated rings. The van der Waals surface area contributed by atoms with Gasteiger partial charge in [-0.1, -0.05) is 23.2 Å². The summed E-state index contributed by atoms with van der Waals surface area (Å²) in [5.41, 5.74) is 5.58. The van der Waals surface area contributed by atoms with Gasteiger partial charge in [0.2, 0.25) is 0 Å². The number of phenolic OH excluding ortho intramolecular Hbond substituents is 1. The Morgan fingerprint density at radius 3 is 2.50 bits per heavy atom. The maximum absolute atomic E-state index is 9.19. The van der Waals surface area contributed by atoms with E-state index in [9.17, 15) is 5.11 Å². The van der Waals surface area contributed by atoms with Gasteiger partial charge in [0.05, 0.1) is 12.8 Å². The molecule has 12 heavy (non-hydrogen) atoms. The number of phenols is 1. The molecular formula is C7H7Cl2NO2. The van der Waals surface area contributed by atoms with Crippen LogP contribution in [0.1, 0.15) is 0 Å². The summed E-state index contributed by atoms with van der Waals surface area (Å²) in [6.07, 6.45) is 0. The minimum absolute atomic E-state index is 0.0424. The molecule has 0 bridgehead atoms. The average molecular weight is 208 g/mol. The Bertz CT molecular complexity index is 315. The minimum atomic E-state index is -0.143. The third-order valence-electron chi connectivity index (χ3n) is 1.40. The fourth-order valence-corrected chi connectivity index (χ4v) is 1.19. The van der Waals surface area contributed by atoms with Crippen LogP contribution in [0.15, 0.2) is 6.07 Å². The first-order valence-corrected chi connectivity index (χ1v) is 3.84. The second-order valence-electron chi connectivity index (χ2n) is 2.14. The maximum Gasteiger partial charge on any atom is 0.143 e. The Morgan fingerprint density at radius 2 is 2.00 bits per heavy atom. The predicted molar refractivity (Wildman–Crippen MR) is 49.1 cm³/mol. The molecule has 3 nitrogen and oxygen atoms in total. The first-order valence-electron chi connectivity index (χ1n) is 3.08. The van der Waals surface area contributed by atoms with Crippen molar-refractivity contribution in [3.8, 4) is 11.5 Å². The highest BCUT2D eigenvalue weighted by atomic mass is 35.5. The van der Waals surface area contributed by atoms with E-state index in [0.29, 0.717) is 5.75 Å². The van der Waals surface area contributed by atoms with Gasteiger partial charge in [0, 0.05) is 6.07 Å². The summed E-state index contributed by atoms with van der Waals surface area (Å²) < 4.78 is 4.83. The van der Waals surface area contributed by atoms with Crippen molar-refractivity contribution in [2.24, 2.45) is 0 Å². The molecule has 3 N–H and O–H groups in total. The number of rotatable bonds is 1. The average Bonchev–Trinajstić information content (AvgIpc) is 2.08. The smallest absolute Gasteiger partial charge is 0.143 e. The lowest BCUT2D eigenvalue weighted by Crippen LogP contribution is -1.92. The Hall–Kier alpha value is -0.800. The molecule has 0 radical (unpaired) electrons. The third-order valence-corrected chi connectivity index (χ3v) is 2.19. The maximum atomic E-state index is 9.19. The molecule has 0 aliphatic carbocycles. The van der Waals surface area contributed by atoms with Crippen LogP contribution in [-0.2, 0) is 0 Å². The van der Waals surface area contributed by atoms with Gasteiger partial charge in [0.25, 0.3) is 0 Å². The van der Waals surface area contributed by atoms with E-state index in [1.54, 1.807) is 0 Å². The normalized spacial score (nSPS) is 9.92. The van der Waals surface area contributed by atoms with Gasteiger partial charge in [-0.15, -0.1) is 0 Å². The summed E-state index contributed by atoms with van der Waals surface area (Å²) in [6.45, 7) is 0. The SMILES string of the molecule is COc1cc(O)c(Cl)c(N)c1Cl. The number of methoxy groups -OCH3 is 1. The number of aromatic hydroxyl groups is 1. The van der Waals surface area contributed by atoms with E-state index in [0.717, 1.165) is 0 Å². The van der Waals surface area contributed by atoms with Crippen LogP contribution in [-0.4, -0.2) is 12.2 Å². The van der Waals surface area contributed by atoms with Crippen LogP contribution in [0.25, 0.3) is 0 Å². The van der Waals surface area contributed by atoms with Crippen LogP contribution in [0.4, 0.5) is 5.69 Å². The number of ether oxygens (including phenoxy) is 1. The molecule has 0 aliphatic heterocycles. The van der Waals surface area contributed by atoms with E-state index in [4.69, 9.17) is 33.7 Å². The second kappa shape index (κ2) is 3.29. The largest absolute Gasteiger partial charge is 0.506 e. The fraction of sp³-hybridized carbons (Fsp3) is 0.143. The van der Waals surface area contributed by atoms with Crippen LogP contribution in [0.5, 0.6) is 11.5 Å². The van der Waals surface area contributed by atoms with Gasteiger partial charge in [-0.25, -0.2) is 0 Å². The number of benzene rings is 1. The molecule has 5 heteroatoms. The molecule has 0 unspecified atom stereocenters. The van der Waals surface area contributed by atoms with E-state index < -0.39 is 0 Å². The molecule has 1 aromatic carbocycles. The van der Waals surface area contributed by atoms with Crippen LogP contribution in [0.2, 0.25) is 10.0 Å². The molecular weight excluding hydrogens is 201 g/mol. The van der Waals surface area contributed by atoms with Crippen LogP contribution in [0.3, 0.4) is 0 Å². The third kappa shape index (κ3) is 1.38. The lowest BCUT2D eigenvalue weighted by Gasteiger charge is -2.08. The van der Waals surface area contributed by atoms with Gasteiger partial charge in [-0.05, 0) is 0 Å². The van der Waals surface area contributed by atoms with Crippen molar-refractivity contribution in [2.75, 3.05) is 12.8 Å². The number of nitrogens with two attached hydrogens (primary N) is 1. The van der Waals surface area contributed by atoms with Crippen LogP contribution >= 0.6 is 23.2 Å². The van der Waals surface area contributed by atoms with Gasteiger partial charge in [-0.3, -0.25) is 0 Å². The first-order chi connectivity index (χ1) is 5.57. The second-order valence-corrected chi connectivity index (χ2v) is 2.90. The monoisotopic (exact) mass is 207 g/mol. The Labute approximate surface area is 79.7 Å². The lowest BCUT2D eigenvalue weighted by molar-refractivity contribution is 0.408. The van der Waals surface area contributed by atoms with Crippen LogP contribution < -0.4 is 10.5 Å². The molecule has 0 aliphatic rings. The van der Waals surface area contributed by atoms with Crippen molar-refractivity contribution in [3.63, 3.8) is 0 Å². The molecule has 66 valence electrons. The lowest BCUT2D eigenvalue weighted by atomic mass is 10.3. The number of anilines is 1. The summed E-state index contributed by atoms with van der Waals surface area (Å²) in [4.78, 5) is 0. The summed E-state index contributed by atoms with van der Waals surface area (Å²) in [5.74, 6) is 0.159. The van der Waals surface area contributed by atoms with E-state index >= 15 is 0 Å². The first kappa shape index (κ1) is 9.29. The Morgan fingerprint density at radius 1 is 1.42 bits per heavy atom. The summed E-state index contributed by atoms with van der Waals surface area (Å²) >= 11 is 11.3. The van der Waals surface area contributed by atoms with E-state index in [1.165, 1.54) is 13.2 Å². The highest BCUT2D eigenvalue weighted by Crippen LogP contribution is 2.41. The van der Waals surface area contributed by atoms with E-state index in [-0.39, 0.29) is 21.5 Å². The standard InChI is InChI=1S/C7H7Cl2NO2/c1-12-4-2-3(11)5(8)7(10)6(4)9/h2,11H,10H2,1H3. The topological polar surface area (TPSA) is 55.5 Å². The zero-order chi connectivity index (χ0) is 9.30. The van der Waals surface area contributed by atoms with Crippen molar-refractivity contribution < 1.29 is 9.84 Å². The molecule has 0 saturated heterocycles. The van der Waals surface area contributed by atoms with Crippen molar-refractivity contribution in [2.45, 2.75) is 0 Å². The molecule has 1 aromatic rings. The Balaban J connectivity index is 3.39. The minimum Gasteiger partial charge on any atom is -0.506 e. The van der Waals surface area contributed by atoms with Gasteiger partial charge >= 0.3 is 0 Å². The van der Waals surface area contributed by atoms with Gasteiger partial charge in [-0.2, -0.15) is 0 Å². The number of hydrogen-bond acceptors (Lipinski definition) is 3. The number of nitrogen functional groups attached to an aromatic ring is 1. The molecule has 0 saturated carbocycles. The van der Waals surface area contributed by atoms with Crippen molar-refractivity contribution in [1.29, 1.82) is 0 Å². The Kier molecular flexibility index (Phi) is 2.55. The fourth-order valence-electron chi connectivity index (χ4n) is 0.766. The molecule has 0 atom stereocenters. The van der Waals surface area contributed by atoms with Gasteiger partial charge in [0.1, 0.15) is 21.5 Å². The molecule has 1 rings (SSSR count). The highest BCUT2D eigenvalue weighted by molar-refractivity contribution is 6.40.